The summed E-state index contributed by atoms with van der Waals surface area (Å²) >= 11 is 0. The number of aryl methyl sites for hydroxylation is 1. The van der Waals surface area contributed by atoms with Crippen molar-refractivity contribution in [1.82, 2.24) is 9.88 Å². The van der Waals surface area contributed by atoms with E-state index in [9.17, 15) is 0 Å². The Labute approximate surface area is 107 Å². The molecule has 1 saturated heterocycles. The molecular weight excluding hydrogens is 208 g/mol. The molecule has 2 rings (SSSR count). The molecule has 17 heavy (non-hydrogen) atoms. The second kappa shape index (κ2) is 10.3. The van der Waals surface area contributed by atoms with Gasteiger partial charge in [-0.15, -0.1) is 0 Å². The lowest BCUT2D eigenvalue weighted by Crippen LogP contribution is -2.19. The highest BCUT2D eigenvalue weighted by atomic mass is 15.1. The molecule has 1 fully saturated rings. The van der Waals surface area contributed by atoms with E-state index >= 15 is 0 Å². The van der Waals surface area contributed by atoms with Crippen molar-refractivity contribution in [1.29, 1.82) is 0 Å². The second-order valence-corrected chi connectivity index (χ2v) is 3.81. The lowest BCUT2D eigenvalue weighted by atomic mass is 10.2. The van der Waals surface area contributed by atoms with Crippen molar-refractivity contribution < 1.29 is 0 Å². The first-order valence-corrected chi connectivity index (χ1v) is 6.98. The van der Waals surface area contributed by atoms with E-state index in [1.54, 1.807) is 0 Å². The van der Waals surface area contributed by atoms with E-state index in [1.807, 2.05) is 40.0 Å². The topological polar surface area (TPSA) is 16.1 Å². The summed E-state index contributed by atoms with van der Waals surface area (Å²) in [5.41, 5.74) is 2.52. The molecule has 1 aliphatic heterocycles. The predicted octanol–water partition coefficient (Wildman–Crippen LogP) is 4.04. The highest BCUT2D eigenvalue weighted by molar-refractivity contribution is 5.14. The summed E-state index contributed by atoms with van der Waals surface area (Å²) in [6.45, 7) is 13.6. The maximum Gasteiger partial charge on any atom is 0.0546 e. The Morgan fingerprint density at radius 3 is 2.24 bits per heavy atom. The Balaban J connectivity index is 0.000000581. The summed E-state index contributed by atoms with van der Waals surface area (Å²) in [7, 11) is 0. The van der Waals surface area contributed by atoms with E-state index in [0.717, 1.165) is 6.54 Å². The smallest absolute Gasteiger partial charge is 0.0546 e. The van der Waals surface area contributed by atoms with Gasteiger partial charge in [0.15, 0.2) is 0 Å². The molecule has 0 aliphatic carbocycles. The van der Waals surface area contributed by atoms with E-state index in [0.29, 0.717) is 0 Å². The summed E-state index contributed by atoms with van der Waals surface area (Å²) in [6.07, 6.45) is 4.61. The lowest BCUT2D eigenvalue weighted by molar-refractivity contribution is 0.327. The van der Waals surface area contributed by atoms with Gasteiger partial charge in [-0.1, -0.05) is 27.7 Å². The molecule has 0 atom stereocenters. The number of likely N-dealkylation sites (tertiary alicyclic amines) is 1. The summed E-state index contributed by atoms with van der Waals surface area (Å²) < 4.78 is 0. The zero-order valence-electron chi connectivity index (χ0n) is 12.2. The Hall–Kier alpha value is -0.890. The zero-order valence-corrected chi connectivity index (χ0v) is 12.2. The summed E-state index contributed by atoms with van der Waals surface area (Å²) in [5.74, 6) is 0. The Morgan fingerprint density at radius 2 is 1.71 bits per heavy atom. The summed E-state index contributed by atoms with van der Waals surface area (Å²) in [4.78, 5) is 6.84. The van der Waals surface area contributed by atoms with Gasteiger partial charge in [0.25, 0.3) is 0 Å². The maximum absolute atomic E-state index is 4.36. The second-order valence-electron chi connectivity index (χ2n) is 3.81. The van der Waals surface area contributed by atoms with Gasteiger partial charge in [0, 0.05) is 12.7 Å². The minimum atomic E-state index is 1.03. The summed E-state index contributed by atoms with van der Waals surface area (Å²) in [6, 6.07) is 4.23. The van der Waals surface area contributed by atoms with Crippen LogP contribution in [0.2, 0.25) is 0 Å². The first-order chi connectivity index (χ1) is 8.34. The third-order valence-electron chi connectivity index (χ3n) is 2.56. The van der Waals surface area contributed by atoms with Crippen LogP contribution in [0.1, 0.15) is 51.8 Å². The quantitative estimate of drug-likeness (QED) is 0.770. The van der Waals surface area contributed by atoms with E-state index in [4.69, 9.17) is 0 Å². The van der Waals surface area contributed by atoms with Gasteiger partial charge < -0.3 is 0 Å². The van der Waals surface area contributed by atoms with Crippen molar-refractivity contribution >= 4 is 0 Å². The van der Waals surface area contributed by atoms with E-state index in [2.05, 4.69) is 22.9 Å². The van der Waals surface area contributed by atoms with Crippen LogP contribution in [0.15, 0.2) is 18.3 Å². The molecule has 0 bridgehead atoms. The predicted molar refractivity (Wildman–Crippen MR) is 76.2 cm³/mol. The van der Waals surface area contributed by atoms with Crippen molar-refractivity contribution in [3.8, 4) is 0 Å². The normalized spacial score (nSPS) is 14.4. The Bertz CT molecular complexity index is 278. The van der Waals surface area contributed by atoms with Crippen LogP contribution in [0.3, 0.4) is 0 Å². The molecule has 0 aromatic carbocycles. The molecular formula is C15H28N2. The maximum atomic E-state index is 4.36. The number of hydrogen-bond acceptors (Lipinski definition) is 2. The first kappa shape index (κ1) is 16.1. The van der Waals surface area contributed by atoms with E-state index in [1.165, 1.54) is 37.2 Å². The third-order valence-corrected chi connectivity index (χ3v) is 2.56. The molecule has 98 valence electrons. The minimum absolute atomic E-state index is 1.03. The average molecular weight is 236 g/mol. The Kier molecular flexibility index (Phi) is 9.74. The number of pyridine rings is 1. The average Bonchev–Trinajstić information content (AvgIpc) is 2.87. The van der Waals surface area contributed by atoms with Crippen LogP contribution in [0.5, 0.6) is 0 Å². The number of rotatable bonds is 2. The number of nitrogens with zero attached hydrogens (tertiary/aromatic N) is 2. The van der Waals surface area contributed by atoms with Crippen LogP contribution in [-0.4, -0.2) is 23.0 Å². The molecule has 0 radical (unpaired) electrons. The van der Waals surface area contributed by atoms with E-state index in [-0.39, 0.29) is 0 Å². The van der Waals surface area contributed by atoms with Crippen LogP contribution in [-0.2, 0) is 6.54 Å². The fourth-order valence-electron chi connectivity index (χ4n) is 1.86. The molecule has 2 heterocycles. The van der Waals surface area contributed by atoms with Gasteiger partial charge in [-0.2, -0.15) is 0 Å². The fourth-order valence-corrected chi connectivity index (χ4v) is 1.86. The minimum Gasteiger partial charge on any atom is -0.298 e. The first-order valence-electron chi connectivity index (χ1n) is 6.98. The van der Waals surface area contributed by atoms with Gasteiger partial charge in [-0.3, -0.25) is 9.88 Å². The van der Waals surface area contributed by atoms with Gasteiger partial charge in [0.1, 0.15) is 0 Å². The highest BCUT2D eigenvalue weighted by Crippen LogP contribution is 2.11. The van der Waals surface area contributed by atoms with Gasteiger partial charge >= 0.3 is 0 Å². The molecule has 2 nitrogen and oxygen atoms in total. The molecule has 0 amide bonds. The summed E-state index contributed by atoms with van der Waals surface area (Å²) in [5, 5.41) is 0. The molecule has 0 saturated carbocycles. The largest absolute Gasteiger partial charge is 0.298 e. The van der Waals surface area contributed by atoms with Gasteiger partial charge in [-0.05, 0) is 50.6 Å². The van der Waals surface area contributed by atoms with Crippen molar-refractivity contribution in [3.05, 3.63) is 29.6 Å². The molecule has 2 heteroatoms. The van der Waals surface area contributed by atoms with Gasteiger partial charge in [0.2, 0.25) is 0 Å². The van der Waals surface area contributed by atoms with Gasteiger partial charge in [-0.25, -0.2) is 0 Å². The van der Waals surface area contributed by atoms with E-state index < -0.39 is 0 Å². The van der Waals surface area contributed by atoms with Gasteiger partial charge in [0.05, 0.1) is 5.69 Å². The van der Waals surface area contributed by atoms with Crippen LogP contribution in [0.25, 0.3) is 0 Å². The highest BCUT2D eigenvalue weighted by Gasteiger charge is 2.11. The zero-order chi connectivity index (χ0) is 13.1. The van der Waals surface area contributed by atoms with Crippen LogP contribution in [0.4, 0.5) is 0 Å². The van der Waals surface area contributed by atoms with Crippen LogP contribution >= 0.6 is 0 Å². The fraction of sp³-hybridized carbons (Fsp3) is 0.667. The lowest BCUT2D eigenvalue weighted by Gasteiger charge is -2.13. The number of hydrogen-bond donors (Lipinski definition) is 0. The van der Waals surface area contributed by atoms with Crippen LogP contribution in [0, 0.1) is 6.92 Å². The van der Waals surface area contributed by atoms with Crippen molar-refractivity contribution in [2.45, 2.75) is 54.0 Å². The van der Waals surface area contributed by atoms with Crippen LogP contribution < -0.4 is 0 Å². The third kappa shape index (κ3) is 6.42. The SMILES string of the molecule is CC.CC.Cc1ccnc(CN2CCCC2)c1. The number of aromatic nitrogens is 1. The molecule has 0 unspecified atom stereocenters. The molecule has 1 aromatic rings. The Morgan fingerprint density at radius 1 is 1.12 bits per heavy atom. The molecule has 0 spiro atoms. The molecule has 1 aliphatic rings. The van der Waals surface area contributed by atoms with Crippen molar-refractivity contribution in [2.75, 3.05) is 13.1 Å². The van der Waals surface area contributed by atoms with Crippen molar-refractivity contribution in [3.63, 3.8) is 0 Å². The molecule has 1 aromatic heterocycles. The monoisotopic (exact) mass is 236 g/mol. The standard InChI is InChI=1S/C11H16N2.2C2H6/c1-10-4-5-12-11(8-10)9-13-6-2-3-7-13;2*1-2/h4-5,8H,2-3,6-7,9H2,1H3;2*1-2H3. The van der Waals surface area contributed by atoms with Crippen molar-refractivity contribution in [2.24, 2.45) is 0 Å². The molecule has 0 N–H and O–H groups in total.